The molecule has 1 aliphatic rings. The first-order chi connectivity index (χ1) is 14.7. The lowest BCUT2D eigenvalue weighted by Gasteiger charge is -2.28. The fourth-order valence-corrected chi connectivity index (χ4v) is 6.19. The lowest BCUT2D eigenvalue weighted by Crippen LogP contribution is -2.36. The van der Waals surface area contributed by atoms with E-state index in [0.717, 1.165) is 11.1 Å². The number of hydrogen-bond donors (Lipinski definition) is 1. The summed E-state index contributed by atoms with van der Waals surface area (Å²) in [5, 5.41) is 0. The molecule has 0 saturated carbocycles. The predicted octanol–water partition coefficient (Wildman–Crippen LogP) is 3.51. The minimum absolute atomic E-state index is 0.167. The van der Waals surface area contributed by atoms with Gasteiger partial charge in [0.1, 0.15) is 5.82 Å². The number of halogens is 1. The van der Waals surface area contributed by atoms with Crippen LogP contribution in [-0.4, -0.2) is 27.7 Å². The minimum Gasteiger partial charge on any atom is -0.283 e. The van der Waals surface area contributed by atoms with Crippen molar-refractivity contribution in [3.05, 3.63) is 95.3 Å². The van der Waals surface area contributed by atoms with Crippen molar-refractivity contribution in [3.8, 4) is 0 Å². The maximum Gasteiger partial charge on any atom is 0.243 e. The summed E-state index contributed by atoms with van der Waals surface area (Å²) >= 11 is 0. The number of nitrogens with one attached hydrogen (secondary N) is 1. The van der Waals surface area contributed by atoms with E-state index in [0.29, 0.717) is 24.2 Å². The molecule has 1 aliphatic heterocycles. The third kappa shape index (κ3) is 4.95. The topological polar surface area (TPSA) is 83.6 Å². The SMILES string of the molecule is O=S(=O)(Cc1ccc(F)cc1)Nc1ccc2c(c1)CN(S(=O)(=O)c1ccccc1)CC2. The molecule has 0 unspecified atom stereocenters. The van der Waals surface area contributed by atoms with Gasteiger partial charge in [-0.25, -0.2) is 21.2 Å². The monoisotopic (exact) mass is 460 g/mol. The number of fused-ring (bicyclic) bond motifs is 1. The fraction of sp³-hybridized carbons (Fsp3) is 0.182. The quantitative estimate of drug-likeness (QED) is 0.610. The summed E-state index contributed by atoms with van der Waals surface area (Å²) in [5.74, 6) is -0.724. The Labute approximate surface area is 181 Å². The molecule has 0 bridgehead atoms. The van der Waals surface area contributed by atoms with Crippen LogP contribution in [0.3, 0.4) is 0 Å². The van der Waals surface area contributed by atoms with Crippen molar-refractivity contribution in [3.63, 3.8) is 0 Å². The van der Waals surface area contributed by atoms with Crippen molar-refractivity contribution in [2.75, 3.05) is 11.3 Å². The van der Waals surface area contributed by atoms with Crippen LogP contribution in [0.4, 0.5) is 10.1 Å². The fourth-order valence-electron chi connectivity index (χ4n) is 3.56. The summed E-state index contributed by atoms with van der Waals surface area (Å²) in [7, 11) is -7.35. The number of benzene rings is 3. The lowest BCUT2D eigenvalue weighted by molar-refractivity contribution is 0.391. The molecule has 0 aromatic heterocycles. The summed E-state index contributed by atoms with van der Waals surface area (Å²) in [6.45, 7) is 0.528. The summed E-state index contributed by atoms with van der Waals surface area (Å²) in [4.78, 5) is 0.231. The van der Waals surface area contributed by atoms with Gasteiger partial charge in [0.25, 0.3) is 0 Å². The maximum absolute atomic E-state index is 13.0. The standard InChI is InChI=1S/C22H21FN2O4S2/c23-20-9-6-17(7-10-20)16-30(26,27)24-21-11-8-18-12-13-25(15-19(18)14-21)31(28,29)22-4-2-1-3-5-22/h1-11,14,24H,12-13,15-16H2. The van der Waals surface area contributed by atoms with Crippen LogP contribution in [-0.2, 0) is 38.8 Å². The van der Waals surface area contributed by atoms with E-state index in [4.69, 9.17) is 0 Å². The highest BCUT2D eigenvalue weighted by Gasteiger charge is 2.28. The normalized spacial score (nSPS) is 14.7. The second kappa shape index (κ2) is 8.41. The molecule has 3 aromatic carbocycles. The zero-order valence-corrected chi connectivity index (χ0v) is 18.2. The summed E-state index contributed by atoms with van der Waals surface area (Å²) in [6, 6.07) is 18.7. The Morgan fingerprint density at radius 1 is 0.871 bits per heavy atom. The van der Waals surface area contributed by atoms with Crippen LogP contribution in [0.1, 0.15) is 16.7 Å². The first kappa shape index (κ1) is 21.5. The Morgan fingerprint density at radius 3 is 2.29 bits per heavy atom. The van der Waals surface area contributed by atoms with Gasteiger partial charge in [-0.15, -0.1) is 0 Å². The van der Waals surface area contributed by atoms with Crippen molar-refractivity contribution in [2.24, 2.45) is 0 Å². The molecule has 1 heterocycles. The molecule has 0 amide bonds. The van der Waals surface area contributed by atoms with E-state index in [-0.39, 0.29) is 17.2 Å². The van der Waals surface area contributed by atoms with E-state index >= 15 is 0 Å². The third-order valence-electron chi connectivity index (χ3n) is 5.11. The van der Waals surface area contributed by atoms with Gasteiger partial charge in [0.15, 0.2) is 0 Å². The zero-order valence-electron chi connectivity index (χ0n) is 16.5. The van der Waals surface area contributed by atoms with Gasteiger partial charge < -0.3 is 0 Å². The van der Waals surface area contributed by atoms with Crippen molar-refractivity contribution in [1.82, 2.24) is 4.31 Å². The molecule has 0 atom stereocenters. The molecule has 6 nitrogen and oxygen atoms in total. The van der Waals surface area contributed by atoms with E-state index in [1.165, 1.54) is 28.6 Å². The first-order valence-corrected chi connectivity index (χ1v) is 12.7. The molecule has 1 N–H and O–H groups in total. The number of hydrogen-bond acceptors (Lipinski definition) is 4. The van der Waals surface area contributed by atoms with Gasteiger partial charge in [-0.2, -0.15) is 4.31 Å². The van der Waals surface area contributed by atoms with Crippen LogP contribution in [0.2, 0.25) is 0 Å². The number of anilines is 1. The molecular formula is C22H21FN2O4S2. The van der Waals surface area contributed by atoms with Gasteiger partial charge in [0.2, 0.25) is 20.0 Å². The average molecular weight is 461 g/mol. The Morgan fingerprint density at radius 2 is 1.58 bits per heavy atom. The van der Waals surface area contributed by atoms with Crippen molar-refractivity contribution in [2.45, 2.75) is 23.6 Å². The lowest BCUT2D eigenvalue weighted by atomic mass is 10.0. The van der Waals surface area contributed by atoms with Crippen LogP contribution < -0.4 is 4.72 Å². The highest BCUT2D eigenvalue weighted by molar-refractivity contribution is 7.91. The zero-order chi connectivity index (χ0) is 22.1. The Balaban J connectivity index is 1.52. The van der Waals surface area contributed by atoms with Crippen molar-refractivity contribution >= 4 is 25.7 Å². The van der Waals surface area contributed by atoms with Gasteiger partial charge in [-0.05, 0) is 59.5 Å². The Bertz CT molecular complexity index is 1290. The molecule has 9 heteroatoms. The molecule has 0 saturated heterocycles. The third-order valence-corrected chi connectivity index (χ3v) is 8.23. The molecule has 31 heavy (non-hydrogen) atoms. The molecule has 0 fully saturated rings. The number of rotatable bonds is 6. The van der Waals surface area contributed by atoms with E-state index in [1.54, 1.807) is 42.5 Å². The second-order valence-electron chi connectivity index (χ2n) is 7.37. The molecule has 0 aliphatic carbocycles. The van der Waals surface area contributed by atoms with E-state index < -0.39 is 25.9 Å². The first-order valence-electron chi connectivity index (χ1n) is 9.65. The van der Waals surface area contributed by atoms with E-state index in [9.17, 15) is 21.2 Å². The van der Waals surface area contributed by atoms with Crippen LogP contribution in [0.25, 0.3) is 0 Å². The van der Waals surface area contributed by atoms with Gasteiger partial charge in [-0.3, -0.25) is 4.72 Å². The highest BCUT2D eigenvalue weighted by atomic mass is 32.2. The molecule has 162 valence electrons. The second-order valence-corrected chi connectivity index (χ2v) is 11.0. The Kier molecular flexibility index (Phi) is 5.83. The van der Waals surface area contributed by atoms with E-state index in [2.05, 4.69) is 4.72 Å². The van der Waals surface area contributed by atoms with Crippen molar-refractivity contribution < 1.29 is 21.2 Å². The van der Waals surface area contributed by atoms with Crippen LogP contribution >= 0.6 is 0 Å². The van der Waals surface area contributed by atoms with Gasteiger partial charge >= 0.3 is 0 Å². The van der Waals surface area contributed by atoms with Crippen LogP contribution in [0, 0.1) is 5.82 Å². The van der Waals surface area contributed by atoms with Crippen molar-refractivity contribution in [1.29, 1.82) is 0 Å². The largest absolute Gasteiger partial charge is 0.283 e. The minimum atomic E-state index is -3.72. The highest BCUT2D eigenvalue weighted by Crippen LogP contribution is 2.27. The number of nitrogens with zero attached hydrogens (tertiary/aromatic N) is 1. The molecule has 0 radical (unpaired) electrons. The summed E-state index contributed by atoms with van der Waals surface area (Å²) < 4.78 is 67.9. The van der Waals surface area contributed by atoms with Gasteiger partial charge in [0.05, 0.1) is 10.6 Å². The summed E-state index contributed by atoms with van der Waals surface area (Å²) in [5.41, 5.74) is 2.57. The summed E-state index contributed by atoms with van der Waals surface area (Å²) in [6.07, 6.45) is 0.546. The maximum atomic E-state index is 13.0. The Hall–Kier alpha value is -2.75. The van der Waals surface area contributed by atoms with Crippen LogP contribution in [0.15, 0.2) is 77.7 Å². The van der Waals surface area contributed by atoms with Gasteiger partial charge in [-0.1, -0.05) is 36.4 Å². The van der Waals surface area contributed by atoms with Crippen LogP contribution in [0.5, 0.6) is 0 Å². The molecular weight excluding hydrogens is 439 g/mol. The van der Waals surface area contributed by atoms with Gasteiger partial charge in [0, 0.05) is 18.8 Å². The average Bonchev–Trinajstić information content (AvgIpc) is 2.75. The molecule has 4 rings (SSSR count). The smallest absolute Gasteiger partial charge is 0.243 e. The predicted molar refractivity (Wildman–Crippen MR) is 117 cm³/mol. The molecule has 0 spiro atoms. The molecule has 3 aromatic rings. The number of sulfonamides is 2. The van der Waals surface area contributed by atoms with E-state index in [1.807, 2.05) is 6.07 Å².